The van der Waals surface area contributed by atoms with Crippen LogP contribution in [-0.4, -0.2) is 5.16 Å². The fourth-order valence-corrected chi connectivity index (χ4v) is 2.07. The number of aryl methyl sites for hydroxylation is 1. The molecular weight excluding hydrogens is 227 g/mol. The molecule has 0 unspecified atom stereocenters. The van der Waals surface area contributed by atoms with Gasteiger partial charge in [-0.15, -0.1) is 11.8 Å². The van der Waals surface area contributed by atoms with Gasteiger partial charge in [0.25, 0.3) is 0 Å². The van der Waals surface area contributed by atoms with E-state index in [1.165, 1.54) is 17.8 Å². The van der Waals surface area contributed by atoms with Crippen LogP contribution in [0.25, 0.3) is 0 Å². The first-order chi connectivity index (χ1) is 7.65. The second kappa shape index (κ2) is 4.57. The van der Waals surface area contributed by atoms with Crippen LogP contribution in [0.15, 0.2) is 33.7 Å². The van der Waals surface area contributed by atoms with Crippen molar-refractivity contribution in [3.63, 3.8) is 0 Å². The zero-order chi connectivity index (χ0) is 11.5. The molecule has 2 N–H and O–H groups in total. The van der Waals surface area contributed by atoms with Gasteiger partial charge < -0.3 is 10.3 Å². The monoisotopic (exact) mass is 238 g/mol. The average molecular weight is 238 g/mol. The summed E-state index contributed by atoms with van der Waals surface area (Å²) < 4.78 is 18.3. The number of hydrogen-bond donors (Lipinski definition) is 1. The Morgan fingerprint density at radius 3 is 2.88 bits per heavy atom. The molecule has 0 aliphatic rings. The summed E-state index contributed by atoms with van der Waals surface area (Å²) in [5.74, 6) is 1.04. The quantitative estimate of drug-likeness (QED) is 0.659. The van der Waals surface area contributed by atoms with E-state index in [9.17, 15) is 4.39 Å². The van der Waals surface area contributed by atoms with Crippen LogP contribution in [0.2, 0.25) is 0 Å². The van der Waals surface area contributed by atoms with Crippen molar-refractivity contribution in [3.8, 4) is 0 Å². The van der Waals surface area contributed by atoms with Crippen LogP contribution < -0.4 is 5.73 Å². The Morgan fingerprint density at radius 2 is 2.25 bits per heavy atom. The molecule has 0 aliphatic heterocycles. The van der Waals surface area contributed by atoms with E-state index in [1.807, 2.05) is 13.0 Å². The molecule has 84 valence electrons. The highest BCUT2D eigenvalue weighted by Crippen LogP contribution is 2.26. The lowest BCUT2D eigenvalue weighted by Crippen LogP contribution is -1.88. The molecule has 0 bridgehead atoms. The number of nitrogens with zero attached hydrogens (tertiary/aromatic N) is 1. The molecule has 1 aromatic heterocycles. The third-order valence-electron chi connectivity index (χ3n) is 2.01. The van der Waals surface area contributed by atoms with Gasteiger partial charge in [-0.3, -0.25) is 0 Å². The summed E-state index contributed by atoms with van der Waals surface area (Å²) >= 11 is 1.37. The molecule has 0 fully saturated rings. The second-order valence-electron chi connectivity index (χ2n) is 3.41. The molecule has 0 radical (unpaired) electrons. The number of rotatable bonds is 3. The third kappa shape index (κ3) is 2.55. The molecule has 2 aromatic rings. The Labute approximate surface area is 96.8 Å². The number of nitrogen functional groups attached to an aromatic ring is 1. The highest BCUT2D eigenvalue weighted by molar-refractivity contribution is 7.98. The van der Waals surface area contributed by atoms with Gasteiger partial charge in [0, 0.05) is 22.4 Å². The summed E-state index contributed by atoms with van der Waals surface area (Å²) in [4.78, 5) is 0.565. The third-order valence-corrected chi connectivity index (χ3v) is 3.09. The Kier molecular flexibility index (Phi) is 3.14. The van der Waals surface area contributed by atoms with Crippen LogP contribution >= 0.6 is 11.8 Å². The minimum atomic E-state index is -0.301. The molecule has 0 saturated heterocycles. The number of thioether (sulfide) groups is 1. The first kappa shape index (κ1) is 11.0. The molecule has 16 heavy (non-hydrogen) atoms. The van der Waals surface area contributed by atoms with Gasteiger partial charge in [-0.25, -0.2) is 4.39 Å². The lowest BCUT2D eigenvalue weighted by molar-refractivity contribution is 0.393. The van der Waals surface area contributed by atoms with Crippen molar-refractivity contribution in [2.45, 2.75) is 17.6 Å². The maximum Gasteiger partial charge on any atom is 0.138 e. The maximum atomic E-state index is 13.4. The predicted octanol–water partition coefficient (Wildman–Crippen LogP) is 3.00. The Balaban J connectivity index is 2.04. The second-order valence-corrected chi connectivity index (χ2v) is 4.42. The summed E-state index contributed by atoms with van der Waals surface area (Å²) in [7, 11) is 0. The SMILES string of the molecule is Cc1cc(CSc2ccc(N)cc2F)no1. The molecule has 1 aromatic carbocycles. The smallest absolute Gasteiger partial charge is 0.138 e. The van der Waals surface area contributed by atoms with Gasteiger partial charge in [0.15, 0.2) is 0 Å². The van der Waals surface area contributed by atoms with Crippen molar-refractivity contribution in [1.29, 1.82) is 0 Å². The first-order valence-corrected chi connectivity index (χ1v) is 5.74. The van der Waals surface area contributed by atoms with Crippen LogP contribution in [0.3, 0.4) is 0 Å². The summed E-state index contributed by atoms with van der Waals surface area (Å²) in [5.41, 5.74) is 6.70. The zero-order valence-electron chi connectivity index (χ0n) is 8.74. The Morgan fingerprint density at radius 1 is 1.44 bits per heavy atom. The number of halogens is 1. The molecule has 3 nitrogen and oxygen atoms in total. The van der Waals surface area contributed by atoms with Gasteiger partial charge in [0.1, 0.15) is 11.6 Å². The summed E-state index contributed by atoms with van der Waals surface area (Å²) in [6, 6.07) is 6.50. The van der Waals surface area contributed by atoms with E-state index >= 15 is 0 Å². The standard InChI is InChI=1S/C11H11FN2OS/c1-7-4-9(14-15-7)6-16-11-3-2-8(13)5-10(11)12/h2-5H,6,13H2,1H3. The molecule has 0 aliphatic carbocycles. The lowest BCUT2D eigenvalue weighted by atomic mass is 10.3. The molecule has 0 saturated carbocycles. The fraction of sp³-hybridized carbons (Fsp3) is 0.182. The summed E-state index contributed by atoms with van der Waals surface area (Å²) in [5, 5.41) is 3.84. The van der Waals surface area contributed by atoms with E-state index in [-0.39, 0.29) is 5.82 Å². The Bertz CT molecular complexity index is 498. The molecule has 2 rings (SSSR count). The normalized spacial score (nSPS) is 10.6. The maximum absolute atomic E-state index is 13.4. The summed E-state index contributed by atoms with van der Waals surface area (Å²) in [6.07, 6.45) is 0. The molecule has 5 heteroatoms. The van der Waals surface area contributed by atoms with E-state index in [2.05, 4.69) is 5.16 Å². The number of hydrogen-bond acceptors (Lipinski definition) is 4. The Hall–Kier alpha value is -1.49. The van der Waals surface area contributed by atoms with Gasteiger partial charge >= 0.3 is 0 Å². The highest BCUT2D eigenvalue weighted by Gasteiger charge is 2.06. The fourth-order valence-electron chi connectivity index (χ4n) is 1.27. The number of aromatic nitrogens is 1. The van der Waals surface area contributed by atoms with Crippen LogP contribution in [0, 0.1) is 12.7 Å². The number of anilines is 1. The number of benzene rings is 1. The van der Waals surface area contributed by atoms with Crippen molar-refractivity contribution in [1.82, 2.24) is 5.16 Å². The van der Waals surface area contributed by atoms with E-state index in [4.69, 9.17) is 10.3 Å². The topological polar surface area (TPSA) is 52.0 Å². The van der Waals surface area contributed by atoms with Crippen molar-refractivity contribution in [3.05, 3.63) is 41.5 Å². The van der Waals surface area contributed by atoms with Crippen molar-refractivity contribution in [2.24, 2.45) is 0 Å². The minimum absolute atomic E-state index is 0.301. The van der Waals surface area contributed by atoms with Gasteiger partial charge in [-0.05, 0) is 25.1 Å². The van der Waals surface area contributed by atoms with Crippen LogP contribution in [-0.2, 0) is 5.75 Å². The average Bonchev–Trinajstić information content (AvgIpc) is 2.63. The summed E-state index contributed by atoms with van der Waals surface area (Å²) in [6.45, 7) is 1.82. The molecular formula is C11H11FN2OS. The molecule has 0 spiro atoms. The number of nitrogens with two attached hydrogens (primary N) is 1. The van der Waals surface area contributed by atoms with Crippen LogP contribution in [0.5, 0.6) is 0 Å². The van der Waals surface area contributed by atoms with Gasteiger partial charge in [0.05, 0.1) is 5.69 Å². The zero-order valence-corrected chi connectivity index (χ0v) is 9.55. The van der Waals surface area contributed by atoms with E-state index in [1.54, 1.807) is 12.1 Å². The highest BCUT2D eigenvalue weighted by atomic mass is 32.2. The van der Waals surface area contributed by atoms with E-state index in [0.29, 0.717) is 16.3 Å². The first-order valence-electron chi connectivity index (χ1n) is 4.75. The van der Waals surface area contributed by atoms with Gasteiger partial charge in [-0.1, -0.05) is 5.16 Å². The van der Waals surface area contributed by atoms with Gasteiger partial charge in [0.2, 0.25) is 0 Å². The van der Waals surface area contributed by atoms with Crippen molar-refractivity contribution < 1.29 is 8.91 Å². The van der Waals surface area contributed by atoms with Crippen molar-refractivity contribution >= 4 is 17.4 Å². The minimum Gasteiger partial charge on any atom is -0.399 e. The largest absolute Gasteiger partial charge is 0.399 e. The lowest BCUT2D eigenvalue weighted by Gasteiger charge is -2.01. The molecule has 0 amide bonds. The van der Waals surface area contributed by atoms with Crippen LogP contribution in [0.1, 0.15) is 11.5 Å². The van der Waals surface area contributed by atoms with E-state index in [0.717, 1.165) is 11.5 Å². The van der Waals surface area contributed by atoms with Crippen LogP contribution in [0.4, 0.5) is 10.1 Å². The predicted molar refractivity (Wildman–Crippen MR) is 61.6 cm³/mol. The van der Waals surface area contributed by atoms with Crippen molar-refractivity contribution in [2.75, 3.05) is 5.73 Å². The molecule has 1 heterocycles. The molecule has 0 atom stereocenters. The van der Waals surface area contributed by atoms with Gasteiger partial charge in [-0.2, -0.15) is 0 Å². The van der Waals surface area contributed by atoms with E-state index < -0.39 is 0 Å².